The first kappa shape index (κ1) is 14.4. The summed E-state index contributed by atoms with van der Waals surface area (Å²) in [6.45, 7) is 4.30. The third-order valence-electron chi connectivity index (χ3n) is 4.82. The van der Waals surface area contributed by atoms with Gasteiger partial charge in [0, 0.05) is 18.6 Å². The molecule has 1 fully saturated rings. The molecule has 0 unspecified atom stereocenters. The first-order valence-electron chi connectivity index (χ1n) is 8.30. The Labute approximate surface area is 137 Å². The van der Waals surface area contributed by atoms with Gasteiger partial charge in [-0.1, -0.05) is 44.2 Å². The van der Waals surface area contributed by atoms with E-state index in [-0.39, 0.29) is 5.41 Å². The van der Waals surface area contributed by atoms with Gasteiger partial charge in [0.05, 0.1) is 5.69 Å². The van der Waals surface area contributed by atoms with Crippen LogP contribution in [0.2, 0.25) is 0 Å². The minimum atomic E-state index is 0.0428. The normalized spacial score (nSPS) is 20.4. The van der Waals surface area contributed by atoms with Crippen LogP contribution in [0.4, 0.5) is 5.69 Å². The number of nitrogens with zero attached hydrogens (tertiary/aromatic N) is 1. The van der Waals surface area contributed by atoms with E-state index in [9.17, 15) is 4.79 Å². The molecule has 0 spiro atoms. The molecule has 0 aromatic heterocycles. The average Bonchev–Trinajstić information content (AvgIpc) is 2.82. The second kappa shape index (κ2) is 5.16. The van der Waals surface area contributed by atoms with Crippen molar-refractivity contribution in [3.63, 3.8) is 0 Å². The fourth-order valence-corrected chi connectivity index (χ4v) is 3.96. The molecule has 23 heavy (non-hydrogen) atoms. The molecule has 0 heterocycles. The maximum absolute atomic E-state index is 11.9. The summed E-state index contributed by atoms with van der Waals surface area (Å²) < 4.78 is 0. The summed E-state index contributed by atoms with van der Waals surface area (Å²) in [5.74, 6) is 0.313. The topological polar surface area (TPSA) is 29.4 Å². The zero-order valence-corrected chi connectivity index (χ0v) is 13.7. The van der Waals surface area contributed by atoms with E-state index in [2.05, 4.69) is 56.3 Å². The molecule has 116 valence electrons. The highest BCUT2D eigenvalue weighted by atomic mass is 16.1. The first-order valence-corrected chi connectivity index (χ1v) is 8.30. The van der Waals surface area contributed by atoms with E-state index in [0.717, 1.165) is 24.2 Å². The molecule has 2 nitrogen and oxygen atoms in total. The van der Waals surface area contributed by atoms with Gasteiger partial charge in [0.15, 0.2) is 0 Å². The maximum Gasteiger partial charge on any atom is 0.139 e. The van der Waals surface area contributed by atoms with Crippen LogP contribution in [0.1, 0.15) is 44.2 Å². The Kier molecular flexibility index (Phi) is 3.22. The van der Waals surface area contributed by atoms with Crippen molar-refractivity contribution in [1.82, 2.24) is 0 Å². The summed E-state index contributed by atoms with van der Waals surface area (Å²) in [6.07, 6.45) is 3.08. The minimum absolute atomic E-state index is 0.0428. The van der Waals surface area contributed by atoms with Gasteiger partial charge in [0.2, 0.25) is 0 Å². The number of fused-ring (bicyclic) bond motifs is 3. The van der Waals surface area contributed by atoms with Gasteiger partial charge in [-0.2, -0.15) is 0 Å². The number of aliphatic imine (C=N–C) groups is 1. The van der Waals surface area contributed by atoms with Crippen LogP contribution in [-0.4, -0.2) is 11.5 Å². The molecular weight excluding hydrogens is 282 g/mol. The van der Waals surface area contributed by atoms with E-state index in [0.29, 0.717) is 18.6 Å². The molecule has 0 aliphatic heterocycles. The van der Waals surface area contributed by atoms with E-state index in [1.807, 2.05) is 0 Å². The zero-order valence-electron chi connectivity index (χ0n) is 13.7. The fraction of sp³-hybridized carbons (Fsp3) is 0.333. The van der Waals surface area contributed by atoms with E-state index in [1.54, 1.807) is 0 Å². The molecule has 0 bridgehead atoms. The molecule has 0 radical (unpaired) electrons. The van der Waals surface area contributed by atoms with Crippen LogP contribution < -0.4 is 0 Å². The Hall–Kier alpha value is -2.22. The third kappa shape index (κ3) is 2.74. The smallest absolute Gasteiger partial charge is 0.139 e. The monoisotopic (exact) mass is 303 g/mol. The van der Waals surface area contributed by atoms with Crippen molar-refractivity contribution in [3.05, 3.63) is 53.6 Å². The highest BCUT2D eigenvalue weighted by Gasteiger charge is 2.30. The molecule has 2 aliphatic carbocycles. The highest BCUT2D eigenvalue weighted by Crippen LogP contribution is 2.39. The van der Waals surface area contributed by atoms with E-state index < -0.39 is 0 Å². The van der Waals surface area contributed by atoms with Gasteiger partial charge in [-0.15, -0.1) is 0 Å². The maximum atomic E-state index is 11.9. The van der Waals surface area contributed by atoms with Gasteiger partial charge < -0.3 is 0 Å². The van der Waals surface area contributed by atoms with Crippen molar-refractivity contribution in [3.8, 4) is 11.1 Å². The number of benzene rings is 2. The SMILES string of the molecule is CC1(C)CC(=O)CC(=Nc2ccc3c(c2)Cc2ccccc2-3)C1. The summed E-state index contributed by atoms with van der Waals surface area (Å²) >= 11 is 0. The molecule has 0 amide bonds. The number of hydrogen-bond acceptors (Lipinski definition) is 2. The van der Waals surface area contributed by atoms with Crippen molar-refractivity contribution in [2.75, 3.05) is 0 Å². The summed E-state index contributed by atoms with van der Waals surface area (Å²) in [5, 5.41) is 0. The molecule has 0 saturated heterocycles. The summed E-state index contributed by atoms with van der Waals surface area (Å²) in [5.41, 5.74) is 7.45. The lowest BCUT2D eigenvalue weighted by Crippen LogP contribution is -2.28. The van der Waals surface area contributed by atoms with Crippen molar-refractivity contribution in [1.29, 1.82) is 0 Å². The summed E-state index contributed by atoms with van der Waals surface area (Å²) in [6, 6.07) is 15.0. The second-order valence-corrected chi connectivity index (χ2v) is 7.59. The predicted molar refractivity (Wildman–Crippen MR) is 94.4 cm³/mol. The number of hydrogen-bond donors (Lipinski definition) is 0. The van der Waals surface area contributed by atoms with Crippen LogP contribution in [0.3, 0.4) is 0 Å². The third-order valence-corrected chi connectivity index (χ3v) is 4.82. The van der Waals surface area contributed by atoms with E-state index >= 15 is 0 Å². The van der Waals surface area contributed by atoms with Gasteiger partial charge >= 0.3 is 0 Å². The lowest BCUT2D eigenvalue weighted by Gasteiger charge is -2.29. The minimum Gasteiger partial charge on any atom is -0.299 e. The number of carbonyl (C=O) groups excluding carboxylic acids is 1. The van der Waals surface area contributed by atoms with E-state index in [4.69, 9.17) is 4.99 Å². The Bertz CT molecular complexity index is 829. The molecule has 0 atom stereocenters. The van der Waals surface area contributed by atoms with Crippen LogP contribution >= 0.6 is 0 Å². The molecule has 2 aromatic rings. The fourth-order valence-electron chi connectivity index (χ4n) is 3.96. The van der Waals surface area contributed by atoms with E-state index in [1.165, 1.54) is 22.3 Å². The largest absolute Gasteiger partial charge is 0.299 e. The molecule has 1 saturated carbocycles. The average molecular weight is 303 g/mol. The van der Waals surface area contributed by atoms with Crippen molar-refractivity contribution >= 4 is 17.2 Å². The lowest BCUT2D eigenvalue weighted by atomic mass is 9.76. The van der Waals surface area contributed by atoms with Gasteiger partial charge in [-0.05, 0) is 52.6 Å². The van der Waals surface area contributed by atoms with Gasteiger partial charge in [-0.25, -0.2) is 0 Å². The van der Waals surface area contributed by atoms with Crippen LogP contribution in [-0.2, 0) is 11.2 Å². The molecule has 0 N–H and O–H groups in total. The van der Waals surface area contributed by atoms with Crippen LogP contribution in [0, 0.1) is 5.41 Å². The second-order valence-electron chi connectivity index (χ2n) is 7.59. The Morgan fingerprint density at radius 3 is 2.52 bits per heavy atom. The van der Waals surface area contributed by atoms with Crippen molar-refractivity contribution < 1.29 is 4.79 Å². The number of rotatable bonds is 1. The summed E-state index contributed by atoms with van der Waals surface area (Å²) in [7, 11) is 0. The Balaban J connectivity index is 1.66. The predicted octanol–water partition coefficient (Wildman–Crippen LogP) is 5.11. The van der Waals surface area contributed by atoms with Crippen LogP contribution in [0.25, 0.3) is 11.1 Å². The number of Topliss-reactive ketones (excluding diaryl/α,β-unsaturated/α-hetero) is 1. The lowest BCUT2D eigenvalue weighted by molar-refractivity contribution is -0.120. The molecule has 2 aromatic carbocycles. The first-order chi connectivity index (χ1) is 11.0. The Morgan fingerprint density at radius 2 is 1.70 bits per heavy atom. The standard InChI is InChI=1S/C21H21NO/c1-21(2)12-17(11-18(23)13-21)22-16-7-8-20-15(10-16)9-14-5-3-4-6-19(14)20/h3-8,10H,9,11-13H2,1-2H3. The zero-order chi connectivity index (χ0) is 16.0. The molecule has 2 heteroatoms. The van der Waals surface area contributed by atoms with Crippen LogP contribution in [0.15, 0.2) is 47.5 Å². The highest BCUT2D eigenvalue weighted by molar-refractivity contribution is 6.05. The number of ketones is 1. The summed E-state index contributed by atoms with van der Waals surface area (Å²) in [4.78, 5) is 16.7. The van der Waals surface area contributed by atoms with Gasteiger partial charge in [-0.3, -0.25) is 9.79 Å². The van der Waals surface area contributed by atoms with Gasteiger partial charge in [0.25, 0.3) is 0 Å². The van der Waals surface area contributed by atoms with Crippen molar-refractivity contribution in [2.24, 2.45) is 10.4 Å². The molecule has 2 aliphatic rings. The van der Waals surface area contributed by atoms with Gasteiger partial charge in [0.1, 0.15) is 5.78 Å². The molecule has 4 rings (SSSR count). The van der Waals surface area contributed by atoms with Crippen molar-refractivity contribution in [2.45, 2.75) is 39.5 Å². The molecular formula is C21H21NO. The number of carbonyl (C=O) groups is 1. The quantitative estimate of drug-likeness (QED) is 0.614. The Morgan fingerprint density at radius 1 is 0.913 bits per heavy atom. The van der Waals surface area contributed by atoms with Crippen LogP contribution in [0.5, 0.6) is 0 Å².